The van der Waals surface area contributed by atoms with Crippen LogP contribution in [0, 0.1) is 0 Å². The molecule has 0 aliphatic carbocycles. The number of hydrogen-bond donors (Lipinski definition) is 2. The predicted molar refractivity (Wildman–Crippen MR) is 103 cm³/mol. The summed E-state index contributed by atoms with van der Waals surface area (Å²) in [5, 5.41) is 6.17. The van der Waals surface area contributed by atoms with E-state index in [1.165, 1.54) is 17.6 Å². The first-order valence-corrected chi connectivity index (χ1v) is 8.97. The van der Waals surface area contributed by atoms with E-state index in [4.69, 9.17) is 16.0 Å². The normalized spacial score (nSPS) is 10.7. The number of carbonyl (C=O) groups excluding carboxylic acids is 2. The van der Waals surface area contributed by atoms with Crippen molar-refractivity contribution in [3.8, 4) is 0 Å². The largest absolute Gasteiger partial charge is 0.431 e. The second kappa shape index (κ2) is 7.18. The molecule has 2 amide bonds. The molecule has 0 spiro atoms. The predicted octanol–water partition coefficient (Wildman–Crippen LogP) is 4.44. The summed E-state index contributed by atoms with van der Waals surface area (Å²) >= 11 is 7.25. The number of hydrogen-bond acceptors (Lipinski definition) is 6. The number of oxazole rings is 1. The Hall–Kier alpha value is -3.23. The monoisotopic (exact) mass is 398 g/mol. The maximum absolute atomic E-state index is 12.3. The number of carbonyl (C=O) groups is 2. The molecule has 0 atom stereocenters. The average Bonchev–Trinajstić information content (AvgIpc) is 3.28. The lowest BCUT2D eigenvalue weighted by Crippen LogP contribution is -2.14. The molecule has 0 saturated heterocycles. The van der Waals surface area contributed by atoms with Crippen LogP contribution in [0.3, 0.4) is 0 Å². The van der Waals surface area contributed by atoms with Gasteiger partial charge < -0.3 is 4.42 Å². The van der Waals surface area contributed by atoms with E-state index >= 15 is 0 Å². The third kappa shape index (κ3) is 3.81. The van der Waals surface area contributed by atoms with Crippen LogP contribution in [0.25, 0.3) is 10.2 Å². The van der Waals surface area contributed by atoms with Crippen LogP contribution in [0.15, 0.2) is 59.2 Å². The van der Waals surface area contributed by atoms with E-state index in [0.29, 0.717) is 15.7 Å². The van der Waals surface area contributed by atoms with E-state index in [2.05, 4.69) is 20.6 Å². The minimum Gasteiger partial charge on any atom is -0.431 e. The smallest absolute Gasteiger partial charge is 0.302 e. The Kier molecular flexibility index (Phi) is 4.57. The van der Waals surface area contributed by atoms with Gasteiger partial charge in [-0.3, -0.25) is 20.2 Å². The summed E-state index contributed by atoms with van der Waals surface area (Å²) < 4.78 is 6.01. The van der Waals surface area contributed by atoms with Crippen molar-refractivity contribution < 1.29 is 14.0 Å². The maximum atomic E-state index is 12.3. The van der Waals surface area contributed by atoms with Crippen LogP contribution in [0.4, 0.5) is 11.1 Å². The van der Waals surface area contributed by atoms with Gasteiger partial charge in [-0.2, -0.15) is 4.98 Å². The molecule has 0 unspecified atom stereocenters. The first-order valence-electron chi connectivity index (χ1n) is 7.78. The van der Waals surface area contributed by atoms with Crippen LogP contribution in [-0.4, -0.2) is 21.8 Å². The van der Waals surface area contributed by atoms with Crippen molar-refractivity contribution >= 4 is 56.1 Å². The molecule has 7 nitrogen and oxygen atoms in total. The van der Waals surface area contributed by atoms with Gasteiger partial charge in [0.1, 0.15) is 6.26 Å². The van der Waals surface area contributed by atoms with Crippen LogP contribution in [0.5, 0.6) is 0 Å². The number of thiazole rings is 1. The minimum absolute atomic E-state index is 0.0238. The Balaban J connectivity index is 1.45. The zero-order valence-electron chi connectivity index (χ0n) is 13.6. The maximum Gasteiger partial charge on any atom is 0.302 e. The van der Waals surface area contributed by atoms with E-state index in [0.717, 1.165) is 10.2 Å². The second-order valence-electron chi connectivity index (χ2n) is 5.44. The molecule has 2 aromatic carbocycles. The molecule has 0 fully saturated rings. The molecule has 9 heteroatoms. The Bertz CT molecular complexity index is 1140. The fourth-order valence-electron chi connectivity index (χ4n) is 2.31. The van der Waals surface area contributed by atoms with Crippen molar-refractivity contribution in [2.45, 2.75) is 0 Å². The van der Waals surface area contributed by atoms with Gasteiger partial charge in [0.2, 0.25) is 0 Å². The third-order valence-corrected chi connectivity index (χ3v) is 4.73. The molecular formula is C18H11ClN4O3S. The number of rotatable bonds is 4. The number of halogens is 1. The molecular weight excluding hydrogens is 388 g/mol. The molecule has 2 N–H and O–H groups in total. The van der Waals surface area contributed by atoms with Gasteiger partial charge in [0.25, 0.3) is 11.8 Å². The topological polar surface area (TPSA) is 97.1 Å². The van der Waals surface area contributed by atoms with Crippen molar-refractivity contribution in [3.05, 3.63) is 71.1 Å². The summed E-state index contributed by atoms with van der Waals surface area (Å²) in [5.74, 6) is -0.878. The second-order valence-corrected chi connectivity index (χ2v) is 6.91. The molecule has 27 heavy (non-hydrogen) atoms. The summed E-state index contributed by atoms with van der Waals surface area (Å²) in [7, 11) is 0. The first-order chi connectivity index (χ1) is 13.1. The SMILES string of the molecule is O=C(Nc1nc(C(=O)Nc2nc3ccc(Cl)cc3s2)co1)c1ccccc1. The number of anilines is 2. The summed E-state index contributed by atoms with van der Waals surface area (Å²) in [4.78, 5) is 32.7. The standard InChI is InChI=1S/C18H11ClN4O3S/c19-11-6-7-12-14(8-11)27-18(21-12)23-16(25)13-9-26-17(20-13)22-15(24)10-4-2-1-3-5-10/h1-9H,(H,20,22,24)(H,21,23,25). The number of fused-ring (bicyclic) bond motifs is 1. The Morgan fingerprint density at radius 2 is 1.81 bits per heavy atom. The van der Waals surface area contributed by atoms with E-state index in [1.807, 2.05) is 0 Å². The fourth-order valence-corrected chi connectivity index (χ4v) is 3.44. The van der Waals surface area contributed by atoms with Crippen molar-refractivity contribution in [1.82, 2.24) is 9.97 Å². The molecule has 0 radical (unpaired) electrons. The number of nitrogens with one attached hydrogen (secondary N) is 2. The van der Waals surface area contributed by atoms with E-state index in [9.17, 15) is 9.59 Å². The van der Waals surface area contributed by atoms with Crippen LogP contribution >= 0.6 is 22.9 Å². The lowest BCUT2D eigenvalue weighted by molar-refractivity contribution is 0.101. The highest BCUT2D eigenvalue weighted by Gasteiger charge is 2.16. The van der Waals surface area contributed by atoms with Crippen LogP contribution in [0.1, 0.15) is 20.8 Å². The van der Waals surface area contributed by atoms with Gasteiger partial charge in [0.05, 0.1) is 10.2 Å². The van der Waals surface area contributed by atoms with Crippen LogP contribution in [-0.2, 0) is 0 Å². The number of amides is 2. The highest BCUT2D eigenvalue weighted by Crippen LogP contribution is 2.28. The van der Waals surface area contributed by atoms with Crippen LogP contribution < -0.4 is 10.6 Å². The minimum atomic E-state index is -0.496. The van der Waals surface area contributed by atoms with Crippen LogP contribution in [0.2, 0.25) is 5.02 Å². The number of benzene rings is 2. The quantitative estimate of drug-likeness (QED) is 0.529. The zero-order valence-corrected chi connectivity index (χ0v) is 15.2. The summed E-state index contributed by atoms with van der Waals surface area (Å²) in [6, 6.07) is 13.8. The molecule has 0 bridgehead atoms. The highest BCUT2D eigenvalue weighted by molar-refractivity contribution is 7.22. The van der Waals surface area contributed by atoms with Gasteiger partial charge in [-0.15, -0.1) is 0 Å². The lowest BCUT2D eigenvalue weighted by Gasteiger charge is -1.99. The molecule has 4 rings (SSSR count). The number of aromatic nitrogens is 2. The Morgan fingerprint density at radius 1 is 1.00 bits per heavy atom. The fraction of sp³-hybridized carbons (Fsp3) is 0. The summed E-state index contributed by atoms with van der Waals surface area (Å²) in [5.41, 5.74) is 1.21. The number of nitrogens with zero attached hydrogens (tertiary/aromatic N) is 2. The van der Waals surface area contributed by atoms with Gasteiger partial charge in [-0.1, -0.05) is 41.1 Å². The van der Waals surface area contributed by atoms with Gasteiger partial charge in [0.15, 0.2) is 10.8 Å². The Morgan fingerprint density at radius 3 is 2.63 bits per heavy atom. The molecule has 0 aliphatic heterocycles. The van der Waals surface area contributed by atoms with Crippen molar-refractivity contribution in [1.29, 1.82) is 0 Å². The van der Waals surface area contributed by atoms with Gasteiger partial charge in [-0.05, 0) is 30.3 Å². The molecule has 0 saturated carbocycles. The zero-order chi connectivity index (χ0) is 18.8. The van der Waals surface area contributed by atoms with E-state index in [1.54, 1.807) is 48.5 Å². The molecule has 0 aliphatic rings. The first kappa shape index (κ1) is 17.2. The third-order valence-electron chi connectivity index (χ3n) is 3.56. The van der Waals surface area contributed by atoms with Crippen molar-refractivity contribution in [3.63, 3.8) is 0 Å². The van der Waals surface area contributed by atoms with Gasteiger partial charge in [0, 0.05) is 10.6 Å². The molecule has 2 heterocycles. The van der Waals surface area contributed by atoms with Gasteiger partial charge >= 0.3 is 6.01 Å². The van der Waals surface area contributed by atoms with Gasteiger partial charge in [-0.25, -0.2) is 4.98 Å². The van der Waals surface area contributed by atoms with Crippen molar-refractivity contribution in [2.24, 2.45) is 0 Å². The molecule has 2 aromatic heterocycles. The molecule has 134 valence electrons. The summed E-state index contributed by atoms with van der Waals surface area (Å²) in [6.07, 6.45) is 1.17. The lowest BCUT2D eigenvalue weighted by atomic mass is 10.2. The molecule has 4 aromatic rings. The Labute approximate surface area is 162 Å². The van der Waals surface area contributed by atoms with E-state index < -0.39 is 5.91 Å². The summed E-state index contributed by atoms with van der Waals surface area (Å²) in [6.45, 7) is 0. The highest BCUT2D eigenvalue weighted by atomic mass is 35.5. The average molecular weight is 399 g/mol. The van der Waals surface area contributed by atoms with E-state index in [-0.39, 0.29) is 17.6 Å². The van der Waals surface area contributed by atoms with Crippen molar-refractivity contribution in [2.75, 3.05) is 10.6 Å².